The van der Waals surface area contributed by atoms with E-state index in [0.717, 1.165) is 5.75 Å². The van der Waals surface area contributed by atoms with Crippen molar-refractivity contribution in [2.45, 2.75) is 23.6 Å². The van der Waals surface area contributed by atoms with Gasteiger partial charge in [-0.3, -0.25) is 0 Å². The zero-order valence-corrected chi connectivity index (χ0v) is 12.7. The van der Waals surface area contributed by atoms with E-state index in [1.165, 1.54) is 19.1 Å². The molecule has 1 aromatic carbocycles. The van der Waals surface area contributed by atoms with E-state index in [1.54, 1.807) is 11.3 Å². The molecule has 90 valence electrons. The summed E-state index contributed by atoms with van der Waals surface area (Å²) in [6.45, 7) is 2.01. The first-order valence-corrected chi connectivity index (χ1v) is 7.97. The van der Waals surface area contributed by atoms with Crippen LogP contribution >= 0.6 is 39.0 Å². The van der Waals surface area contributed by atoms with Crippen molar-refractivity contribution in [2.24, 2.45) is 5.73 Å². The SMILES string of the molecule is CC(N)c1cccc(SCc2ccc(Br)s2)c1. The van der Waals surface area contributed by atoms with Gasteiger partial charge in [-0.25, -0.2) is 0 Å². The number of thioether (sulfide) groups is 1. The van der Waals surface area contributed by atoms with Gasteiger partial charge < -0.3 is 5.73 Å². The Balaban J connectivity index is 2.01. The third-order valence-electron chi connectivity index (χ3n) is 2.39. The molecule has 0 radical (unpaired) electrons. The molecule has 0 aliphatic carbocycles. The molecule has 1 atom stereocenters. The van der Waals surface area contributed by atoms with Crippen molar-refractivity contribution in [3.8, 4) is 0 Å². The van der Waals surface area contributed by atoms with Gasteiger partial charge >= 0.3 is 0 Å². The van der Waals surface area contributed by atoms with E-state index in [-0.39, 0.29) is 6.04 Å². The number of hydrogen-bond donors (Lipinski definition) is 1. The summed E-state index contributed by atoms with van der Waals surface area (Å²) in [5, 5.41) is 0. The van der Waals surface area contributed by atoms with E-state index in [9.17, 15) is 0 Å². The van der Waals surface area contributed by atoms with Crippen LogP contribution in [0.3, 0.4) is 0 Å². The average molecular weight is 328 g/mol. The first-order chi connectivity index (χ1) is 8.15. The number of hydrogen-bond acceptors (Lipinski definition) is 3. The monoisotopic (exact) mass is 327 g/mol. The molecule has 0 aliphatic heterocycles. The Morgan fingerprint density at radius 3 is 2.82 bits per heavy atom. The van der Waals surface area contributed by atoms with E-state index in [1.807, 2.05) is 18.7 Å². The predicted octanol–water partition coefficient (Wildman–Crippen LogP) is 4.82. The fourth-order valence-corrected chi connectivity index (χ4v) is 3.96. The molecule has 2 rings (SSSR count). The third kappa shape index (κ3) is 3.85. The van der Waals surface area contributed by atoms with E-state index in [0.29, 0.717) is 0 Å². The summed E-state index contributed by atoms with van der Waals surface area (Å²) in [6.07, 6.45) is 0. The second-order valence-corrected chi connectivity index (χ2v) is 7.45. The van der Waals surface area contributed by atoms with Crippen molar-refractivity contribution in [3.63, 3.8) is 0 Å². The molecule has 1 aromatic heterocycles. The van der Waals surface area contributed by atoms with Crippen LogP contribution in [-0.2, 0) is 5.75 Å². The molecule has 1 heterocycles. The minimum Gasteiger partial charge on any atom is -0.324 e. The Morgan fingerprint density at radius 1 is 1.35 bits per heavy atom. The molecule has 0 saturated carbocycles. The minimum atomic E-state index is 0.103. The first-order valence-electron chi connectivity index (χ1n) is 5.37. The summed E-state index contributed by atoms with van der Waals surface area (Å²) in [5.41, 5.74) is 7.08. The Labute approximate surface area is 119 Å². The number of rotatable bonds is 4. The molecule has 17 heavy (non-hydrogen) atoms. The van der Waals surface area contributed by atoms with Crippen LogP contribution in [0.5, 0.6) is 0 Å². The molecule has 0 spiro atoms. The van der Waals surface area contributed by atoms with Crippen LogP contribution in [0.25, 0.3) is 0 Å². The van der Waals surface area contributed by atoms with Gasteiger partial charge in [0.1, 0.15) is 0 Å². The maximum atomic E-state index is 5.88. The van der Waals surface area contributed by atoms with Crippen molar-refractivity contribution in [3.05, 3.63) is 50.6 Å². The van der Waals surface area contributed by atoms with E-state index < -0.39 is 0 Å². The highest BCUT2D eigenvalue weighted by atomic mass is 79.9. The van der Waals surface area contributed by atoms with Gasteiger partial charge in [-0.2, -0.15) is 0 Å². The zero-order valence-electron chi connectivity index (χ0n) is 9.52. The molecular weight excluding hydrogens is 314 g/mol. The van der Waals surface area contributed by atoms with Crippen molar-refractivity contribution in [2.75, 3.05) is 0 Å². The average Bonchev–Trinajstić information content (AvgIpc) is 2.73. The van der Waals surface area contributed by atoms with Gasteiger partial charge in [0.25, 0.3) is 0 Å². The Morgan fingerprint density at radius 2 is 2.18 bits per heavy atom. The lowest BCUT2D eigenvalue weighted by atomic mass is 10.1. The molecule has 0 amide bonds. The van der Waals surface area contributed by atoms with E-state index in [4.69, 9.17) is 5.73 Å². The topological polar surface area (TPSA) is 26.0 Å². The molecule has 0 bridgehead atoms. The van der Waals surface area contributed by atoms with Crippen LogP contribution in [0, 0.1) is 0 Å². The summed E-state index contributed by atoms with van der Waals surface area (Å²) in [7, 11) is 0. The fraction of sp³-hybridized carbons (Fsp3) is 0.231. The van der Waals surface area contributed by atoms with Gasteiger partial charge in [0, 0.05) is 21.6 Å². The molecule has 0 fully saturated rings. The molecular formula is C13H14BrNS2. The molecule has 0 aliphatic rings. The number of thiophene rings is 1. The van der Waals surface area contributed by atoms with Gasteiger partial charge in [0.2, 0.25) is 0 Å². The number of halogens is 1. The second kappa shape index (κ2) is 6.05. The van der Waals surface area contributed by atoms with Gasteiger partial charge in [0.05, 0.1) is 3.79 Å². The summed E-state index contributed by atoms with van der Waals surface area (Å²) >= 11 is 7.12. The van der Waals surface area contributed by atoms with Crippen LogP contribution in [-0.4, -0.2) is 0 Å². The highest BCUT2D eigenvalue weighted by molar-refractivity contribution is 9.11. The lowest BCUT2D eigenvalue weighted by molar-refractivity contribution is 0.815. The first kappa shape index (κ1) is 13.1. The summed E-state index contributed by atoms with van der Waals surface area (Å²) in [6, 6.07) is 12.8. The normalized spacial score (nSPS) is 12.6. The van der Waals surface area contributed by atoms with Crippen LogP contribution in [0.4, 0.5) is 0 Å². The van der Waals surface area contributed by atoms with Gasteiger partial charge in [-0.05, 0) is 52.7 Å². The standard InChI is InChI=1S/C13H14BrNS2/c1-9(15)10-3-2-4-11(7-10)16-8-12-5-6-13(14)17-12/h2-7,9H,8,15H2,1H3. The quantitative estimate of drug-likeness (QED) is 0.814. The van der Waals surface area contributed by atoms with Crippen LogP contribution in [0.15, 0.2) is 45.1 Å². The Hall–Kier alpha value is -0.290. The van der Waals surface area contributed by atoms with Crippen molar-refractivity contribution in [1.29, 1.82) is 0 Å². The van der Waals surface area contributed by atoms with Crippen molar-refractivity contribution < 1.29 is 0 Å². The minimum absolute atomic E-state index is 0.103. The highest BCUT2D eigenvalue weighted by Gasteiger charge is 2.02. The van der Waals surface area contributed by atoms with Crippen molar-refractivity contribution >= 4 is 39.0 Å². The zero-order chi connectivity index (χ0) is 12.3. The molecule has 4 heteroatoms. The Kier molecular flexibility index (Phi) is 4.68. The van der Waals surface area contributed by atoms with Gasteiger partial charge in [-0.1, -0.05) is 12.1 Å². The molecule has 2 N–H and O–H groups in total. The number of nitrogens with two attached hydrogens (primary N) is 1. The second-order valence-electron chi connectivity index (χ2n) is 3.86. The third-order valence-corrected chi connectivity index (χ3v) is 5.24. The van der Waals surface area contributed by atoms with Crippen LogP contribution in [0.1, 0.15) is 23.4 Å². The maximum Gasteiger partial charge on any atom is 0.0701 e. The van der Waals surface area contributed by atoms with Crippen molar-refractivity contribution in [1.82, 2.24) is 0 Å². The largest absolute Gasteiger partial charge is 0.324 e. The lowest BCUT2D eigenvalue weighted by Gasteiger charge is -2.07. The summed E-state index contributed by atoms with van der Waals surface area (Å²) in [5.74, 6) is 1.01. The summed E-state index contributed by atoms with van der Waals surface area (Å²) in [4.78, 5) is 2.66. The maximum absolute atomic E-state index is 5.88. The fourth-order valence-electron chi connectivity index (χ4n) is 1.47. The summed E-state index contributed by atoms with van der Waals surface area (Å²) < 4.78 is 1.19. The van der Waals surface area contributed by atoms with E-state index >= 15 is 0 Å². The smallest absolute Gasteiger partial charge is 0.0701 e. The van der Waals surface area contributed by atoms with Crippen LogP contribution in [0.2, 0.25) is 0 Å². The molecule has 1 unspecified atom stereocenters. The van der Waals surface area contributed by atoms with Gasteiger partial charge in [-0.15, -0.1) is 23.1 Å². The Bertz CT molecular complexity index is 494. The lowest BCUT2D eigenvalue weighted by Crippen LogP contribution is -2.04. The molecule has 2 aromatic rings. The highest BCUT2D eigenvalue weighted by Crippen LogP contribution is 2.30. The molecule has 0 saturated heterocycles. The number of benzene rings is 1. The molecule has 1 nitrogen and oxygen atoms in total. The van der Waals surface area contributed by atoms with Crippen LogP contribution < -0.4 is 5.73 Å². The van der Waals surface area contributed by atoms with E-state index in [2.05, 4.69) is 52.3 Å². The van der Waals surface area contributed by atoms with Gasteiger partial charge in [0.15, 0.2) is 0 Å². The predicted molar refractivity (Wildman–Crippen MR) is 80.6 cm³/mol.